The average molecular weight is 456 g/mol. The predicted molar refractivity (Wildman–Crippen MR) is 131 cm³/mol. The van der Waals surface area contributed by atoms with Crippen molar-refractivity contribution in [3.05, 3.63) is 70.9 Å². The van der Waals surface area contributed by atoms with Gasteiger partial charge in [0.15, 0.2) is 6.61 Å². The number of aryl methyl sites for hydroxylation is 1. The van der Waals surface area contributed by atoms with E-state index in [4.69, 9.17) is 9.72 Å². The van der Waals surface area contributed by atoms with Gasteiger partial charge in [-0.1, -0.05) is 57.5 Å². The summed E-state index contributed by atoms with van der Waals surface area (Å²) in [6.07, 6.45) is 3.67. The molecule has 0 unspecified atom stereocenters. The van der Waals surface area contributed by atoms with Crippen LogP contribution in [0.1, 0.15) is 60.8 Å². The van der Waals surface area contributed by atoms with Crippen LogP contribution in [0.5, 0.6) is 0 Å². The third-order valence-corrected chi connectivity index (χ3v) is 7.14. The Morgan fingerprint density at radius 3 is 2.68 bits per heavy atom. The zero-order valence-electron chi connectivity index (χ0n) is 19.9. The Kier molecular flexibility index (Phi) is 6.65. The summed E-state index contributed by atoms with van der Waals surface area (Å²) in [7, 11) is 0. The highest BCUT2D eigenvalue weighted by molar-refractivity contribution is 6.06. The van der Waals surface area contributed by atoms with E-state index in [2.05, 4.69) is 26.1 Å². The van der Waals surface area contributed by atoms with Gasteiger partial charge in [0.2, 0.25) is 0 Å². The van der Waals surface area contributed by atoms with E-state index in [1.807, 2.05) is 30.3 Å². The van der Waals surface area contributed by atoms with Gasteiger partial charge in [-0.25, -0.2) is 4.79 Å². The smallest absolute Gasteiger partial charge is 0.339 e. The molecule has 1 atom stereocenters. The number of hydrogen-bond acceptors (Lipinski definition) is 5. The number of fused-ring (bicyclic) bond motifs is 2. The van der Waals surface area contributed by atoms with E-state index in [-0.39, 0.29) is 5.41 Å². The maximum atomic E-state index is 13.4. The van der Waals surface area contributed by atoms with Gasteiger partial charge in [0, 0.05) is 11.1 Å². The van der Waals surface area contributed by atoms with Crippen molar-refractivity contribution in [2.45, 2.75) is 46.5 Å². The van der Waals surface area contributed by atoms with Crippen molar-refractivity contribution < 1.29 is 14.3 Å². The molecule has 0 bridgehead atoms. The van der Waals surface area contributed by atoms with Crippen LogP contribution < -0.4 is 5.32 Å². The number of carbonyl (C=O) groups excluding carboxylic acids is 2. The number of nitrogens with one attached hydrogen (secondary N) is 1. The average Bonchev–Trinajstić information content (AvgIpc) is 2.85. The molecular formula is C28H29N3O3. The number of hydrogen-bond donors (Lipinski definition) is 1. The Labute approximate surface area is 200 Å². The molecule has 6 nitrogen and oxygen atoms in total. The molecule has 0 radical (unpaired) electrons. The second-order valence-corrected chi connectivity index (χ2v) is 9.49. The molecule has 0 fully saturated rings. The summed E-state index contributed by atoms with van der Waals surface area (Å²) >= 11 is 0. The molecule has 4 rings (SSSR count). The number of benzene rings is 2. The molecule has 3 aromatic rings. The van der Waals surface area contributed by atoms with Crippen molar-refractivity contribution in [3.8, 4) is 6.07 Å². The number of ether oxygens (including phenoxy) is 1. The van der Waals surface area contributed by atoms with Gasteiger partial charge in [-0.05, 0) is 54.4 Å². The van der Waals surface area contributed by atoms with Gasteiger partial charge >= 0.3 is 5.97 Å². The number of amides is 1. The summed E-state index contributed by atoms with van der Waals surface area (Å²) in [4.78, 5) is 30.7. The van der Waals surface area contributed by atoms with Crippen LogP contribution in [0.25, 0.3) is 10.9 Å². The highest BCUT2D eigenvalue weighted by Crippen LogP contribution is 2.41. The molecule has 1 aromatic heterocycles. The van der Waals surface area contributed by atoms with Crippen LogP contribution in [-0.2, 0) is 22.4 Å². The molecule has 0 saturated carbocycles. The Bertz CT molecular complexity index is 1290. The van der Waals surface area contributed by atoms with Crippen LogP contribution in [0.3, 0.4) is 0 Å². The molecule has 34 heavy (non-hydrogen) atoms. The number of anilines is 1. The van der Waals surface area contributed by atoms with Gasteiger partial charge in [-0.2, -0.15) is 5.26 Å². The first-order valence-electron chi connectivity index (χ1n) is 11.7. The monoisotopic (exact) mass is 455 g/mol. The summed E-state index contributed by atoms with van der Waals surface area (Å²) in [6.45, 7) is 6.32. The number of carbonyl (C=O) groups is 2. The van der Waals surface area contributed by atoms with Crippen molar-refractivity contribution in [3.63, 3.8) is 0 Å². The van der Waals surface area contributed by atoms with Crippen LogP contribution in [0.4, 0.5) is 5.69 Å². The first-order chi connectivity index (χ1) is 16.3. The lowest BCUT2D eigenvalue weighted by Gasteiger charge is -2.37. The Hall–Kier alpha value is -3.72. The summed E-state index contributed by atoms with van der Waals surface area (Å²) in [5, 5.41) is 12.6. The highest BCUT2D eigenvalue weighted by atomic mass is 16.5. The fraction of sp³-hybridized carbons (Fsp3) is 0.357. The largest absolute Gasteiger partial charge is 0.452 e. The minimum atomic E-state index is -0.520. The Morgan fingerprint density at radius 1 is 1.18 bits per heavy atom. The first-order valence-corrected chi connectivity index (χ1v) is 11.7. The van der Waals surface area contributed by atoms with Gasteiger partial charge in [0.05, 0.1) is 22.3 Å². The molecule has 1 amide bonds. The third-order valence-electron chi connectivity index (χ3n) is 7.14. The van der Waals surface area contributed by atoms with Crippen LogP contribution in [-0.4, -0.2) is 23.5 Å². The summed E-state index contributed by atoms with van der Waals surface area (Å²) < 4.78 is 5.50. The van der Waals surface area contributed by atoms with Crippen molar-refractivity contribution in [2.75, 3.05) is 11.9 Å². The van der Waals surface area contributed by atoms with Gasteiger partial charge in [-0.15, -0.1) is 0 Å². The van der Waals surface area contributed by atoms with Crippen molar-refractivity contribution >= 4 is 28.5 Å². The number of rotatable bonds is 6. The zero-order chi connectivity index (χ0) is 24.3. The van der Waals surface area contributed by atoms with Gasteiger partial charge < -0.3 is 10.1 Å². The maximum absolute atomic E-state index is 13.4. The molecule has 1 aliphatic rings. The normalized spacial score (nSPS) is 15.3. The molecule has 0 spiro atoms. The van der Waals surface area contributed by atoms with E-state index < -0.39 is 18.5 Å². The lowest BCUT2D eigenvalue weighted by atomic mass is 9.68. The number of para-hydroxylation sites is 2. The van der Waals surface area contributed by atoms with Gasteiger partial charge in [0.1, 0.15) is 6.07 Å². The van der Waals surface area contributed by atoms with E-state index in [0.717, 1.165) is 47.8 Å². The SMILES string of the molecule is CCC(C)(C)[C@H]1CCc2nc3ccccc3c(C(=O)OCC(=O)Nc3ccccc3C#N)c2C1. The van der Waals surface area contributed by atoms with Crippen molar-refractivity contribution in [2.24, 2.45) is 11.3 Å². The molecule has 174 valence electrons. The Morgan fingerprint density at radius 2 is 1.91 bits per heavy atom. The number of esters is 1. The van der Waals surface area contributed by atoms with E-state index in [0.29, 0.717) is 22.7 Å². The molecule has 2 aromatic carbocycles. The predicted octanol–water partition coefficient (Wildman–Crippen LogP) is 5.44. The van der Waals surface area contributed by atoms with Gasteiger partial charge in [0.25, 0.3) is 5.91 Å². The molecular weight excluding hydrogens is 426 g/mol. The minimum Gasteiger partial charge on any atom is -0.452 e. The van der Waals surface area contributed by atoms with Crippen LogP contribution in [0.2, 0.25) is 0 Å². The topological polar surface area (TPSA) is 92.1 Å². The number of pyridine rings is 1. The van der Waals surface area contributed by atoms with Crippen molar-refractivity contribution in [1.29, 1.82) is 5.26 Å². The quantitative estimate of drug-likeness (QED) is 0.500. The van der Waals surface area contributed by atoms with Crippen LogP contribution >= 0.6 is 0 Å². The molecule has 1 heterocycles. The zero-order valence-corrected chi connectivity index (χ0v) is 19.9. The minimum absolute atomic E-state index is 0.151. The maximum Gasteiger partial charge on any atom is 0.339 e. The summed E-state index contributed by atoms with van der Waals surface area (Å²) in [5.74, 6) is -0.577. The second-order valence-electron chi connectivity index (χ2n) is 9.49. The molecule has 0 aliphatic heterocycles. The first kappa shape index (κ1) is 23.4. The van der Waals surface area contributed by atoms with E-state index in [1.54, 1.807) is 24.3 Å². The van der Waals surface area contributed by atoms with Crippen molar-refractivity contribution in [1.82, 2.24) is 4.98 Å². The Balaban J connectivity index is 1.60. The molecule has 1 N–H and O–H groups in total. The number of nitriles is 1. The highest BCUT2D eigenvalue weighted by Gasteiger charge is 2.34. The lowest BCUT2D eigenvalue weighted by Crippen LogP contribution is -2.31. The van der Waals surface area contributed by atoms with E-state index >= 15 is 0 Å². The van der Waals surface area contributed by atoms with Gasteiger partial charge in [-0.3, -0.25) is 9.78 Å². The number of aromatic nitrogens is 1. The number of nitrogens with zero attached hydrogens (tertiary/aromatic N) is 2. The second kappa shape index (κ2) is 9.64. The lowest BCUT2D eigenvalue weighted by molar-refractivity contribution is -0.119. The summed E-state index contributed by atoms with van der Waals surface area (Å²) in [6, 6.07) is 16.3. The van der Waals surface area contributed by atoms with Crippen LogP contribution in [0, 0.1) is 22.7 Å². The fourth-order valence-corrected chi connectivity index (χ4v) is 4.66. The third kappa shape index (κ3) is 4.65. The molecule has 1 aliphatic carbocycles. The summed E-state index contributed by atoms with van der Waals surface area (Å²) in [5.41, 5.74) is 4.05. The van der Waals surface area contributed by atoms with E-state index in [1.165, 1.54) is 0 Å². The van der Waals surface area contributed by atoms with Crippen LogP contribution in [0.15, 0.2) is 48.5 Å². The standard InChI is InChI=1S/C28H29N3O3/c1-4-28(2,3)19-13-14-24-21(15-19)26(20-10-6-8-12-23(20)30-24)27(33)34-17-25(32)31-22-11-7-5-9-18(22)16-29/h5-12,19H,4,13-15,17H2,1-3H3,(H,31,32)/t19-/m0/s1. The van der Waals surface area contributed by atoms with E-state index in [9.17, 15) is 14.9 Å². The fourth-order valence-electron chi connectivity index (χ4n) is 4.66. The molecule has 0 saturated heterocycles. The molecule has 6 heteroatoms.